The molecule has 0 bridgehead atoms. The Morgan fingerprint density at radius 1 is 1.47 bits per heavy atom. The van der Waals surface area contributed by atoms with Gasteiger partial charge in [-0.1, -0.05) is 20.8 Å². The van der Waals surface area contributed by atoms with Gasteiger partial charge in [-0.15, -0.1) is 0 Å². The smallest absolute Gasteiger partial charge is 0.193 e. The molecule has 3 nitrogen and oxygen atoms in total. The van der Waals surface area contributed by atoms with Crippen molar-refractivity contribution in [2.75, 3.05) is 31.9 Å². The number of hydrogen-bond donors (Lipinski definition) is 1. The van der Waals surface area contributed by atoms with E-state index in [-0.39, 0.29) is 0 Å². The molecule has 0 saturated carbocycles. The van der Waals surface area contributed by atoms with Crippen LogP contribution >= 0.6 is 11.8 Å². The fourth-order valence-corrected chi connectivity index (χ4v) is 3.03. The molecule has 0 spiro atoms. The van der Waals surface area contributed by atoms with Crippen LogP contribution in [-0.4, -0.2) is 48.0 Å². The Hall–Kier alpha value is -0.380. The molecule has 1 fully saturated rings. The van der Waals surface area contributed by atoms with Gasteiger partial charge in [-0.2, -0.15) is 11.8 Å². The third-order valence-electron chi connectivity index (χ3n) is 2.83. The lowest BCUT2D eigenvalue weighted by atomic mass is 10.2. The van der Waals surface area contributed by atoms with E-state index in [2.05, 4.69) is 49.7 Å². The number of nitrogens with one attached hydrogen (secondary N) is 1. The highest BCUT2D eigenvalue weighted by Gasteiger charge is 2.21. The quantitative estimate of drug-likeness (QED) is 0.619. The summed E-state index contributed by atoms with van der Waals surface area (Å²) in [4.78, 5) is 7.15. The van der Waals surface area contributed by atoms with Crippen molar-refractivity contribution < 1.29 is 0 Å². The molecule has 0 radical (unpaired) electrons. The van der Waals surface area contributed by atoms with E-state index in [1.807, 2.05) is 0 Å². The van der Waals surface area contributed by atoms with Crippen LogP contribution in [0.4, 0.5) is 0 Å². The summed E-state index contributed by atoms with van der Waals surface area (Å²) in [5.74, 6) is 2.97. The zero-order valence-electron chi connectivity index (χ0n) is 11.7. The van der Waals surface area contributed by atoms with Gasteiger partial charge in [-0.05, 0) is 19.3 Å². The Morgan fingerprint density at radius 2 is 2.24 bits per heavy atom. The second-order valence-electron chi connectivity index (χ2n) is 4.94. The van der Waals surface area contributed by atoms with Crippen LogP contribution in [0.2, 0.25) is 0 Å². The van der Waals surface area contributed by atoms with Gasteiger partial charge in [0.25, 0.3) is 0 Å². The zero-order chi connectivity index (χ0) is 12.7. The standard InChI is InChI=1S/C13H27N3S/c1-5-12-10-16(7-8-17-12)13(14-6-2)15-9-11(3)4/h11-12H,5-10H2,1-4H3,(H,14,15). The molecule has 0 aliphatic carbocycles. The maximum Gasteiger partial charge on any atom is 0.193 e. The van der Waals surface area contributed by atoms with Crippen LogP contribution in [0.25, 0.3) is 0 Å². The summed E-state index contributed by atoms with van der Waals surface area (Å²) in [6, 6.07) is 0. The molecule has 4 heteroatoms. The molecular formula is C13H27N3S. The molecular weight excluding hydrogens is 230 g/mol. The minimum Gasteiger partial charge on any atom is -0.357 e. The van der Waals surface area contributed by atoms with Gasteiger partial charge < -0.3 is 10.2 Å². The number of hydrogen-bond acceptors (Lipinski definition) is 2. The van der Waals surface area contributed by atoms with E-state index in [9.17, 15) is 0 Å². The molecule has 17 heavy (non-hydrogen) atoms. The molecule has 0 aromatic heterocycles. The number of aliphatic imine (C=N–C) groups is 1. The maximum absolute atomic E-state index is 4.73. The van der Waals surface area contributed by atoms with Gasteiger partial charge in [-0.25, -0.2) is 0 Å². The number of rotatable bonds is 4. The Kier molecular flexibility index (Phi) is 6.78. The average Bonchev–Trinajstić information content (AvgIpc) is 2.34. The lowest BCUT2D eigenvalue weighted by Gasteiger charge is -2.34. The van der Waals surface area contributed by atoms with Crippen molar-refractivity contribution in [2.45, 2.75) is 39.4 Å². The van der Waals surface area contributed by atoms with E-state index in [0.29, 0.717) is 5.92 Å². The highest BCUT2D eigenvalue weighted by atomic mass is 32.2. The average molecular weight is 257 g/mol. The third-order valence-corrected chi connectivity index (χ3v) is 4.21. The summed E-state index contributed by atoms with van der Waals surface area (Å²) in [6.07, 6.45) is 1.25. The largest absolute Gasteiger partial charge is 0.357 e. The van der Waals surface area contributed by atoms with Crippen LogP contribution in [0.1, 0.15) is 34.1 Å². The molecule has 1 aliphatic heterocycles. The van der Waals surface area contributed by atoms with E-state index < -0.39 is 0 Å². The monoisotopic (exact) mass is 257 g/mol. The van der Waals surface area contributed by atoms with E-state index >= 15 is 0 Å². The number of guanidine groups is 1. The van der Waals surface area contributed by atoms with Gasteiger partial charge in [0.05, 0.1) is 0 Å². The van der Waals surface area contributed by atoms with Crippen molar-refractivity contribution in [1.29, 1.82) is 0 Å². The van der Waals surface area contributed by atoms with E-state index in [4.69, 9.17) is 4.99 Å². The Morgan fingerprint density at radius 3 is 2.82 bits per heavy atom. The van der Waals surface area contributed by atoms with E-state index in [1.165, 1.54) is 12.2 Å². The molecule has 0 aromatic carbocycles. The lowest BCUT2D eigenvalue weighted by Crippen LogP contribution is -2.48. The van der Waals surface area contributed by atoms with Crippen LogP contribution in [0, 0.1) is 5.92 Å². The van der Waals surface area contributed by atoms with Crippen molar-refractivity contribution in [3.8, 4) is 0 Å². The normalized spacial score (nSPS) is 22.1. The summed E-state index contributed by atoms with van der Waals surface area (Å²) in [6.45, 7) is 13.0. The third kappa shape index (κ3) is 5.19. The van der Waals surface area contributed by atoms with E-state index in [1.54, 1.807) is 0 Å². The molecule has 1 saturated heterocycles. The van der Waals surface area contributed by atoms with Gasteiger partial charge in [-0.3, -0.25) is 4.99 Å². The number of nitrogens with zero attached hydrogens (tertiary/aromatic N) is 2. The van der Waals surface area contributed by atoms with Crippen molar-refractivity contribution in [2.24, 2.45) is 10.9 Å². The molecule has 0 aromatic rings. The first-order chi connectivity index (χ1) is 8.17. The minimum absolute atomic E-state index is 0.629. The van der Waals surface area contributed by atoms with Crippen LogP contribution in [-0.2, 0) is 0 Å². The second kappa shape index (κ2) is 7.85. The van der Waals surface area contributed by atoms with Crippen LogP contribution in [0.5, 0.6) is 0 Å². The van der Waals surface area contributed by atoms with Gasteiger partial charge in [0.15, 0.2) is 5.96 Å². The first-order valence-corrected chi connectivity index (χ1v) is 7.87. The molecule has 1 atom stereocenters. The van der Waals surface area contributed by atoms with E-state index in [0.717, 1.165) is 37.4 Å². The molecule has 1 unspecified atom stereocenters. The Balaban J connectivity index is 2.59. The molecule has 1 N–H and O–H groups in total. The van der Waals surface area contributed by atoms with Crippen molar-refractivity contribution >= 4 is 17.7 Å². The molecule has 100 valence electrons. The summed E-state index contributed by atoms with van der Waals surface area (Å²) in [7, 11) is 0. The lowest BCUT2D eigenvalue weighted by molar-refractivity contribution is 0.407. The van der Waals surface area contributed by atoms with Crippen LogP contribution in [0.3, 0.4) is 0 Å². The van der Waals surface area contributed by atoms with Crippen molar-refractivity contribution in [1.82, 2.24) is 10.2 Å². The van der Waals surface area contributed by atoms with Gasteiger partial charge in [0.2, 0.25) is 0 Å². The number of thioether (sulfide) groups is 1. The summed E-state index contributed by atoms with van der Waals surface area (Å²) >= 11 is 2.10. The summed E-state index contributed by atoms with van der Waals surface area (Å²) in [5, 5.41) is 4.19. The summed E-state index contributed by atoms with van der Waals surface area (Å²) < 4.78 is 0. The first kappa shape index (κ1) is 14.7. The fraction of sp³-hybridized carbons (Fsp3) is 0.923. The highest BCUT2D eigenvalue weighted by Crippen LogP contribution is 2.21. The topological polar surface area (TPSA) is 27.6 Å². The maximum atomic E-state index is 4.73. The van der Waals surface area contributed by atoms with Gasteiger partial charge in [0.1, 0.15) is 0 Å². The summed E-state index contributed by atoms with van der Waals surface area (Å²) in [5.41, 5.74) is 0. The van der Waals surface area contributed by atoms with Crippen molar-refractivity contribution in [3.05, 3.63) is 0 Å². The van der Waals surface area contributed by atoms with Crippen LogP contribution in [0.15, 0.2) is 4.99 Å². The highest BCUT2D eigenvalue weighted by molar-refractivity contribution is 8.00. The van der Waals surface area contributed by atoms with Crippen LogP contribution < -0.4 is 5.32 Å². The Bertz CT molecular complexity index is 241. The molecule has 0 amide bonds. The minimum atomic E-state index is 0.629. The van der Waals surface area contributed by atoms with Gasteiger partial charge >= 0.3 is 0 Å². The predicted octanol–water partition coefficient (Wildman–Crippen LogP) is 2.44. The predicted molar refractivity (Wildman–Crippen MR) is 78.9 cm³/mol. The molecule has 1 rings (SSSR count). The Labute approximate surface area is 110 Å². The first-order valence-electron chi connectivity index (χ1n) is 6.82. The zero-order valence-corrected chi connectivity index (χ0v) is 12.5. The second-order valence-corrected chi connectivity index (χ2v) is 6.34. The molecule has 1 heterocycles. The SMILES string of the molecule is CCNC(=NCC(C)C)N1CCSC(CC)C1. The van der Waals surface area contributed by atoms with Gasteiger partial charge in [0, 0.05) is 37.2 Å². The van der Waals surface area contributed by atoms with Crippen molar-refractivity contribution in [3.63, 3.8) is 0 Å². The molecule has 1 aliphatic rings. The fourth-order valence-electron chi connectivity index (χ4n) is 1.85.